The maximum Gasteiger partial charge on any atom is 0.258 e. The van der Waals surface area contributed by atoms with E-state index in [0.717, 1.165) is 35.7 Å². The number of rotatable bonds is 4. The number of hydrogen-bond acceptors (Lipinski definition) is 4. The summed E-state index contributed by atoms with van der Waals surface area (Å²) in [6, 6.07) is 21.2. The van der Waals surface area contributed by atoms with E-state index in [1.807, 2.05) is 59.5 Å². The summed E-state index contributed by atoms with van der Waals surface area (Å²) >= 11 is 7.40. The van der Waals surface area contributed by atoms with Gasteiger partial charge in [-0.3, -0.25) is 4.79 Å². The van der Waals surface area contributed by atoms with E-state index >= 15 is 0 Å². The molecule has 0 aromatic heterocycles. The number of carbonyl (C=O) groups is 1. The molecule has 1 heterocycles. The third-order valence-electron chi connectivity index (χ3n) is 4.74. The number of nitrogens with zero attached hydrogens (tertiary/aromatic N) is 1. The predicted octanol–water partition coefficient (Wildman–Crippen LogP) is 5.63. The predicted molar refractivity (Wildman–Crippen MR) is 118 cm³/mol. The lowest BCUT2D eigenvalue weighted by Crippen LogP contribution is -2.35. The van der Waals surface area contributed by atoms with Crippen LogP contribution in [-0.4, -0.2) is 12.5 Å². The van der Waals surface area contributed by atoms with E-state index in [0.29, 0.717) is 16.3 Å². The number of carbonyl (C=O) groups excluding carboxylic acids is 1. The molecule has 6 heteroatoms. The molecule has 0 unspecified atom stereocenters. The normalized spacial score (nSPS) is 13.1. The Morgan fingerprint density at radius 3 is 2.64 bits per heavy atom. The van der Waals surface area contributed by atoms with Crippen molar-refractivity contribution in [3.05, 3.63) is 82.9 Å². The number of aryl methyl sites for hydroxylation is 1. The van der Waals surface area contributed by atoms with Gasteiger partial charge in [-0.1, -0.05) is 29.8 Å². The van der Waals surface area contributed by atoms with Crippen LogP contribution in [0.15, 0.2) is 71.6 Å². The SMILES string of the molecule is Nc1cc(SNc2ccc(C(=O)N3CCCc4ccccc43)cc2)ccc1Cl. The summed E-state index contributed by atoms with van der Waals surface area (Å²) in [6.45, 7) is 0.754. The second-order valence-corrected chi connectivity index (χ2v) is 7.94. The Hall–Kier alpha value is -2.63. The Kier molecular flexibility index (Phi) is 5.46. The van der Waals surface area contributed by atoms with Gasteiger partial charge in [0.2, 0.25) is 0 Å². The van der Waals surface area contributed by atoms with Crippen molar-refractivity contribution in [3.8, 4) is 0 Å². The van der Waals surface area contributed by atoms with Gasteiger partial charge in [0.1, 0.15) is 0 Å². The van der Waals surface area contributed by atoms with Crippen LogP contribution in [0.4, 0.5) is 17.1 Å². The number of anilines is 3. The van der Waals surface area contributed by atoms with Gasteiger partial charge in [0.15, 0.2) is 0 Å². The minimum absolute atomic E-state index is 0.0387. The van der Waals surface area contributed by atoms with E-state index in [1.165, 1.54) is 17.5 Å². The molecule has 142 valence electrons. The Balaban J connectivity index is 1.44. The lowest BCUT2D eigenvalue weighted by Gasteiger charge is -2.29. The third-order valence-corrected chi connectivity index (χ3v) is 5.91. The Labute approximate surface area is 173 Å². The summed E-state index contributed by atoms with van der Waals surface area (Å²) in [4.78, 5) is 15.8. The molecule has 0 saturated carbocycles. The zero-order chi connectivity index (χ0) is 19.5. The number of halogens is 1. The van der Waals surface area contributed by atoms with Crippen LogP contribution in [0.2, 0.25) is 5.02 Å². The van der Waals surface area contributed by atoms with E-state index in [2.05, 4.69) is 10.8 Å². The Morgan fingerprint density at radius 2 is 1.86 bits per heavy atom. The average Bonchev–Trinajstić information content (AvgIpc) is 2.74. The summed E-state index contributed by atoms with van der Waals surface area (Å²) in [5.41, 5.74) is 10.2. The van der Waals surface area contributed by atoms with Gasteiger partial charge in [0.25, 0.3) is 5.91 Å². The molecular formula is C22H20ClN3OS. The van der Waals surface area contributed by atoms with Gasteiger partial charge in [0.05, 0.1) is 10.7 Å². The molecule has 3 aromatic carbocycles. The first-order valence-electron chi connectivity index (χ1n) is 9.09. The molecule has 4 nitrogen and oxygen atoms in total. The van der Waals surface area contributed by atoms with Gasteiger partial charge in [-0.25, -0.2) is 0 Å². The first-order chi connectivity index (χ1) is 13.6. The number of nitrogen functional groups attached to an aromatic ring is 1. The molecule has 0 fully saturated rings. The van der Waals surface area contributed by atoms with E-state index in [1.54, 1.807) is 6.07 Å². The second-order valence-electron chi connectivity index (χ2n) is 6.65. The van der Waals surface area contributed by atoms with Gasteiger partial charge in [0, 0.05) is 28.4 Å². The molecule has 0 spiro atoms. The molecule has 0 saturated heterocycles. The minimum Gasteiger partial charge on any atom is -0.397 e. The van der Waals surface area contributed by atoms with Crippen LogP contribution in [-0.2, 0) is 6.42 Å². The zero-order valence-electron chi connectivity index (χ0n) is 15.2. The fourth-order valence-electron chi connectivity index (χ4n) is 3.28. The number of nitrogens with two attached hydrogens (primary N) is 1. The van der Waals surface area contributed by atoms with Crippen LogP contribution in [0.3, 0.4) is 0 Å². The van der Waals surface area contributed by atoms with Gasteiger partial charge < -0.3 is 15.4 Å². The fraction of sp³-hybridized carbons (Fsp3) is 0.136. The van der Waals surface area contributed by atoms with Crippen molar-refractivity contribution in [2.24, 2.45) is 0 Å². The van der Waals surface area contributed by atoms with E-state index in [9.17, 15) is 4.79 Å². The summed E-state index contributed by atoms with van der Waals surface area (Å²) < 4.78 is 3.26. The molecule has 4 rings (SSSR count). The third kappa shape index (κ3) is 3.96. The molecule has 1 aliphatic rings. The van der Waals surface area contributed by atoms with Crippen LogP contribution in [0.1, 0.15) is 22.3 Å². The number of fused-ring (bicyclic) bond motifs is 1. The molecule has 0 aliphatic carbocycles. The molecule has 28 heavy (non-hydrogen) atoms. The highest BCUT2D eigenvalue weighted by atomic mass is 35.5. The van der Waals surface area contributed by atoms with Crippen LogP contribution < -0.4 is 15.4 Å². The molecule has 0 atom stereocenters. The largest absolute Gasteiger partial charge is 0.397 e. The quantitative estimate of drug-likeness (QED) is 0.432. The first kappa shape index (κ1) is 18.7. The maximum absolute atomic E-state index is 13.0. The number of amides is 1. The number of benzene rings is 3. The van der Waals surface area contributed by atoms with Crippen LogP contribution in [0.25, 0.3) is 0 Å². The Bertz CT molecular complexity index is 1010. The molecule has 0 radical (unpaired) electrons. The summed E-state index contributed by atoms with van der Waals surface area (Å²) in [5.74, 6) is 0.0387. The smallest absolute Gasteiger partial charge is 0.258 e. The number of hydrogen-bond donors (Lipinski definition) is 2. The standard InChI is InChI=1S/C22H20ClN3OS/c23-19-12-11-18(14-20(19)24)28-25-17-9-7-16(8-10-17)22(27)26-13-3-5-15-4-1-2-6-21(15)26/h1-2,4,6-12,14,25H,3,5,13,24H2. The minimum atomic E-state index is 0.0387. The van der Waals surface area contributed by atoms with Crippen molar-refractivity contribution in [2.75, 3.05) is 21.9 Å². The van der Waals surface area contributed by atoms with Crippen molar-refractivity contribution in [1.29, 1.82) is 0 Å². The molecule has 3 N–H and O–H groups in total. The molecule has 1 aliphatic heterocycles. The second kappa shape index (κ2) is 8.17. The van der Waals surface area contributed by atoms with Crippen LogP contribution in [0, 0.1) is 0 Å². The highest BCUT2D eigenvalue weighted by molar-refractivity contribution is 8.00. The van der Waals surface area contributed by atoms with Gasteiger partial charge in [-0.15, -0.1) is 0 Å². The topological polar surface area (TPSA) is 58.4 Å². The molecule has 1 amide bonds. The van der Waals surface area contributed by atoms with E-state index in [-0.39, 0.29) is 5.91 Å². The van der Waals surface area contributed by atoms with E-state index < -0.39 is 0 Å². The van der Waals surface area contributed by atoms with Crippen molar-refractivity contribution < 1.29 is 4.79 Å². The van der Waals surface area contributed by atoms with Gasteiger partial charge in [-0.2, -0.15) is 0 Å². The Morgan fingerprint density at radius 1 is 1.07 bits per heavy atom. The maximum atomic E-state index is 13.0. The van der Waals surface area contributed by atoms with Crippen molar-refractivity contribution in [2.45, 2.75) is 17.7 Å². The highest BCUT2D eigenvalue weighted by Crippen LogP contribution is 2.29. The average molecular weight is 410 g/mol. The zero-order valence-corrected chi connectivity index (χ0v) is 16.8. The van der Waals surface area contributed by atoms with Gasteiger partial charge >= 0.3 is 0 Å². The summed E-state index contributed by atoms with van der Waals surface area (Å²) in [7, 11) is 0. The van der Waals surface area contributed by atoms with Crippen molar-refractivity contribution in [1.82, 2.24) is 0 Å². The molecule has 0 bridgehead atoms. The summed E-state index contributed by atoms with van der Waals surface area (Å²) in [5, 5.41) is 0.548. The monoisotopic (exact) mass is 409 g/mol. The fourth-order valence-corrected chi connectivity index (χ4v) is 4.10. The number of nitrogens with one attached hydrogen (secondary N) is 1. The lowest BCUT2D eigenvalue weighted by molar-refractivity contribution is 0.0985. The molecular weight excluding hydrogens is 390 g/mol. The lowest BCUT2D eigenvalue weighted by atomic mass is 10.0. The van der Waals surface area contributed by atoms with Crippen molar-refractivity contribution >= 4 is 46.5 Å². The van der Waals surface area contributed by atoms with Gasteiger partial charge in [-0.05, 0) is 78.9 Å². The summed E-state index contributed by atoms with van der Waals surface area (Å²) in [6.07, 6.45) is 2.01. The van der Waals surface area contributed by atoms with E-state index in [4.69, 9.17) is 17.3 Å². The highest BCUT2D eigenvalue weighted by Gasteiger charge is 2.23. The van der Waals surface area contributed by atoms with Crippen LogP contribution >= 0.6 is 23.5 Å². The molecule has 3 aromatic rings. The van der Waals surface area contributed by atoms with Crippen molar-refractivity contribution in [3.63, 3.8) is 0 Å². The van der Waals surface area contributed by atoms with Crippen LogP contribution in [0.5, 0.6) is 0 Å². The number of para-hydroxylation sites is 1. The first-order valence-corrected chi connectivity index (χ1v) is 10.3.